The van der Waals surface area contributed by atoms with Gasteiger partial charge >= 0.3 is 0 Å². The molecule has 2 aliphatic carbocycles. The molecule has 3 rings (SSSR count). The third kappa shape index (κ3) is 0.960. The van der Waals surface area contributed by atoms with E-state index in [1.165, 1.54) is 25.7 Å². The van der Waals surface area contributed by atoms with Gasteiger partial charge in [-0.2, -0.15) is 0 Å². The molecular formula is C11H14OS. The highest BCUT2D eigenvalue weighted by Crippen LogP contribution is 2.60. The van der Waals surface area contributed by atoms with Crippen LogP contribution in [0.5, 0.6) is 0 Å². The zero-order valence-electron chi connectivity index (χ0n) is 7.62. The smallest absolute Gasteiger partial charge is 0.0468 e. The minimum Gasteiger partial charge on any atom is -0.396 e. The summed E-state index contributed by atoms with van der Waals surface area (Å²) >= 11 is 1.90. The van der Waals surface area contributed by atoms with Gasteiger partial charge in [0.05, 0.1) is 0 Å². The Kier molecular flexibility index (Phi) is 1.59. The molecule has 0 amide bonds. The summed E-state index contributed by atoms with van der Waals surface area (Å²) in [6.07, 6.45) is 5.13. The summed E-state index contributed by atoms with van der Waals surface area (Å²) in [6, 6.07) is 2.29. The van der Waals surface area contributed by atoms with Gasteiger partial charge in [0.15, 0.2) is 0 Å². The minimum atomic E-state index is 0.384. The van der Waals surface area contributed by atoms with Crippen molar-refractivity contribution in [1.29, 1.82) is 0 Å². The van der Waals surface area contributed by atoms with Crippen molar-refractivity contribution in [2.75, 3.05) is 6.61 Å². The zero-order valence-corrected chi connectivity index (χ0v) is 8.44. The van der Waals surface area contributed by atoms with Gasteiger partial charge in [0.25, 0.3) is 0 Å². The van der Waals surface area contributed by atoms with E-state index in [4.69, 9.17) is 0 Å². The normalized spacial score (nSPS) is 36.2. The molecular weight excluding hydrogens is 180 g/mol. The van der Waals surface area contributed by atoms with Crippen molar-refractivity contribution in [2.24, 2.45) is 5.92 Å². The average Bonchev–Trinajstić information content (AvgIpc) is 2.61. The molecule has 1 N–H and O–H groups in total. The van der Waals surface area contributed by atoms with E-state index in [-0.39, 0.29) is 0 Å². The lowest BCUT2D eigenvalue weighted by Crippen LogP contribution is -2.17. The molecule has 0 aromatic carbocycles. The molecule has 13 heavy (non-hydrogen) atoms. The van der Waals surface area contributed by atoms with Crippen molar-refractivity contribution in [3.63, 3.8) is 0 Å². The Balaban J connectivity index is 2.02. The van der Waals surface area contributed by atoms with Crippen molar-refractivity contribution in [1.82, 2.24) is 0 Å². The summed E-state index contributed by atoms with van der Waals surface area (Å²) < 4.78 is 0. The lowest BCUT2D eigenvalue weighted by molar-refractivity contribution is 0.259. The van der Waals surface area contributed by atoms with Gasteiger partial charge in [-0.15, -0.1) is 11.3 Å². The molecule has 0 bridgehead atoms. The fourth-order valence-electron chi connectivity index (χ4n) is 2.93. The molecule has 2 heteroatoms. The quantitative estimate of drug-likeness (QED) is 0.727. The van der Waals surface area contributed by atoms with Gasteiger partial charge in [-0.1, -0.05) is 0 Å². The number of aliphatic hydroxyl groups excluding tert-OH is 1. The van der Waals surface area contributed by atoms with E-state index < -0.39 is 0 Å². The highest BCUT2D eigenvalue weighted by atomic mass is 32.1. The van der Waals surface area contributed by atoms with Crippen LogP contribution in [0.1, 0.15) is 29.7 Å². The Labute approximate surface area is 82.4 Å². The number of fused-ring (bicyclic) bond motifs is 2. The van der Waals surface area contributed by atoms with Crippen molar-refractivity contribution < 1.29 is 5.11 Å². The molecule has 2 atom stereocenters. The van der Waals surface area contributed by atoms with Crippen LogP contribution < -0.4 is 0 Å². The standard InChI is InChI=1S/C11H14OS/c12-7-8-6-11(8)4-1-2-10-9(11)3-5-13-10/h3,5,8,12H,1-2,4,6-7H2. The number of rotatable bonds is 1. The molecule has 70 valence electrons. The van der Waals surface area contributed by atoms with Crippen molar-refractivity contribution >= 4 is 11.3 Å². The predicted molar refractivity (Wildman–Crippen MR) is 54.1 cm³/mol. The molecule has 1 aromatic heterocycles. The van der Waals surface area contributed by atoms with E-state index in [9.17, 15) is 5.11 Å². The van der Waals surface area contributed by atoms with Crippen LogP contribution in [0.3, 0.4) is 0 Å². The SMILES string of the molecule is OCC1CC12CCCc1sccc12. The van der Waals surface area contributed by atoms with E-state index in [2.05, 4.69) is 11.4 Å². The van der Waals surface area contributed by atoms with E-state index in [0.29, 0.717) is 17.9 Å². The van der Waals surface area contributed by atoms with Crippen LogP contribution in [-0.2, 0) is 11.8 Å². The van der Waals surface area contributed by atoms with Gasteiger partial charge in [-0.3, -0.25) is 0 Å². The fourth-order valence-corrected chi connectivity index (χ4v) is 3.96. The van der Waals surface area contributed by atoms with E-state index >= 15 is 0 Å². The van der Waals surface area contributed by atoms with Crippen molar-refractivity contribution in [2.45, 2.75) is 31.1 Å². The Morgan fingerprint density at radius 2 is 2.54 bits per heavy atom. The largest absolute Gasteiger partial charge is 0.396 e. The van der Waals surface area contributed by atoms with Gasteiger partial charge < -0.3 is 5.11 Å². The first-order valence-electron chi connectivity index (χ1n) is 5.04. The van der Waals surface area contributed by atoms with E-state index in [0.717, 1.165) is 0 Å². The van der Waals surface area contributed by atoms with Crippen LogP contribution in [0.25, 0.3) is 0 Å². The first-order chi connectivity index (χ1) is 6.37. The summed E-state index contributed by atoms with van der Waals surface area (Å²) in [5.41, 5.74) is 1.99. The minimum absolute atomic E-state index is 0.384. The lowest BCUT2D eigenvalue weighted by atomic mass is 9.83. The highest BCUT2D eigenvalue weighted by Gasteiger charge is 2.56. The molecule has 1 fully saturated rings. The molecule has 0 radical (unpaired) electrons. The van der Waals surface area contributed by atoms with Crippen molar-refractivity contribution in [3.05, 3.63) is 21.9 Å². The summed E-state index contributed by atoms with van der Waals surface area (Å²) in [5, 5.41) is 11.4. The third-order valence-corrected chi connectivity index (χ3v) is 4.74. The monoisotopic (exact) mass is 194 g/mol. The van der Waals surface area contributed by atoms with Gasteiger partial charge in [0.2, 0.25) is 0 Å². The number of aliphatic hydroxyl groups is 1. The van der Waals surface area contributed by atoms with Crippen LogP contribution in [0.4, 0.5) is 0 Å². The lowest BCUT2D eigenvalue weighted by Gasteiger charge is -2.23. The van der Waals surface area contributed by atoms with Crippen LogP contribution in [0.2, 0.25) is 0 Å². The van der Waals surface area contributed by atoms with Crippen LogP contribution in [0, 0.1) is 5.92 Å². The summed E-state index contributed by atoms with van der Waals surface area (Å²) in [7, 11) is 0. The number of hydrogen-bond donors (Lipinski definition) is 1. The van der Waals surface area contributed by atoms with Gasteiger partial charge in [0.1, 0.15) is 0 Å². The summed E-state index contributed by atoms with van der Waals surface area (Å²) in [5.74, 6) is 0.571. The second kappa shape index (κ2) is 2.58. The Morgan fingerprint density at radius 3 is 3.31 bits per heavy atom. The van der Waals surface area contributed by atoms with Crippen LogP contribution >= 0.6 is 11.3 Å². The molecule has 1 nitrogen and oxygen atoms in total. The van der Waals surface area contributed by atoms with Crippen LogP contribution in [0.15, 0.2) is 11.4 Å². The van der Waals surface area contributed by atoms with E-state index in [1.54, 1.807) is 10.4 Å². The van der Waals surface area contributed by atoms with Crippen molar-refractivity contribution in [3.8, 4) is 0 Å². The highest BCUT2D eigenvalue weighted by molar-refractivity contribution is 7.10. The molecule has 2 unspecified atom stereocenters. The Morgan fingerprint density at radius 1 is 1.62 bits per heavy atom. The zero-order chi connectivity index (χ0) is 8.89. The molecule has 1 heterocycles. The molecule has 1 saturated carbocycles. The van der Waals surface area contributed by atoms with Crippen LogP contribution in [-0.4, -0.2) is 11.7 Å². The predicted octanol–water partition coefficient (Wildman–Crippen LogP) is 2.33. The molecule has 0 saturated heterocycles. The molecule has 1 aromatic rings. The molecule has 1 spiro atoms. The summed E-state index contributed by atoms with van der Waals surface area (Å²) in [6.45, 7) is 0.384. The second-order valence-corrected chi connectivity index (χ2v) is 5.35. The number of aryl methyl sites for hydroxylation is 1. The molecule has 0 aliphatic heterocycles. The topological polar surface area (TPSA) is 20.2 Å². The molecule has 2 aliphatic rings. The Bertz CT molecular complexity index is 331. The first kappa shape index (κ1) is 8.01. The maximum Gasteiger partial charge on any atom is 0.0468 e. The van der Waals surface area contributed by atoms with Gasteiger partial charge in [0, 0.05) is 16.9 Å². The first-order valence-corrected chi connectivity index (χ1v) is 5.92. The Hall–Kier alpha value is -0.340. The van der Waals surface area contributed by atoms with Gasteiger partial charge in [-0.05, 0) is 48.6 Å². The maximum atomic E-state index is 9.19. The number of thiophene rings is 1. The number of hydrogen-bond acceptors (Lipinski definition) is 2. The summed E-state index contributed by atoms with van der Waals surface area (Å²) in [4.78, 5) is 1.59. The fraction of sp³-hybridized carbons (Fsp3) is 0.636. The third-order valence-electron chi connectivity index (χ3n) is 3.76. The second-order valence-electron chi connectivity index (χ2n) is 4.35. The van der Waals surface area contributed by atoms with E-state index in [1.807, 2.05) is 11.3 Å². The average molecular weight is 194 g/mol. The van der Waals surface area contributed by atoms with Gasteiger partial charge in [-0.25, -0.2) is 0 Å². The maximum absolute atomic E-state index is 9.19.